The number of anilines is 1. The van der Waals surface area contributed by atoms with Crippen LogP contribution in [0.3, 0.4) is 0 Å². The summed E-state index contributed by atoms with van der Waals surface area (Å²) in [6, 6.07) is 1.89. The third-order valence-electron chi connectivity index (χ3n) is 2.34. The highest BCUT2D eigenvalue weighted by molar-refractivity contribution is 9.10. The second-order valence-corrected chi connectivity index (χ2v) is 6.42. The summed E-state index contributed by atoms with van der Waals surface area (Å²) in [5.74, 6) is 1.99. The van der Waals surface area contributed by atoms with Gasteiger partial charge in [-0.15, -0.1) is 11.3 Å². The molecular formula is C12H15BrN4S. The first-order valence-electron chi connectivity index (χ1n) is 5.74. The summed E-state index contributed by atoms with van der Waals surface area (Å²) in [4.78, 5) is 14.3. The van der Waals surface area contributed by atoms with Gasteiger partial charge in [-0.2, -0.15) is 0 Å². The van der Waals surface area contributed by atoms with Gasteiger partial charge in [-0.3, -0.25) is 0 Å². The zero-order valence-corrected chi connectivity index (χ0v) is 13.0. The van der Waals surface area contributed by atoms with Gasteiger partial charge in [0, 0.05) is 23.1 Å². The Hall–Kier alpha value is -1.01. The molecule has 0 aliphatic rings. The highest BCUT2D eigenvalue weighted by Crippen LogP contribution is 2.19. The summed E-state index contributed by atoms with van der Waals surface area (Å²) in [5.41, 5.74) is 0. The van der Waals surface area contributed by atoms with Gasteiger partial charge in [0.05, 0.1) is 11.6 Å². The Bertz CT molecular complexity index is 539. The van der Waals surface area contributed by atoms with Crippen LogP contribution in [0.1, 0.15) is 35.5 Å². The van der Waals surface area contributed by atoms with Crippen LogP contribution in [0.2, 0.25) is 0 Å². The Morgan fingerprint density at radius 1 is 1.39 bits per heavy atom. The van der Waals surface area contributed by atoms with Crippen molar-refractivity contribution in [2.24, 2.45) is 0 Å². The normalized spacial score (nSPS) is 10.9. The van der Waals surface area contributed by atoms with Crippen LogP contribution < -0.4 is 5.32 Å². The molecule has 0 aliphatic carbocycles. The van der Waals surface area contributed by atoms with Crippen LogP contribution in [-0.4, -0.2) is 15.0 Å². The Morgan fingerprint density at radius 2 is 2.17 bits per heavy atom. The van der Waals surface area contributed by atoms with E-state index < -0.39 is 0 Å². The Morgan fingerprint density at radius 3 is 2.78 bits per heavy atom. The molecule has 4 nitrogen and oxygen atoms in total. The largest absolute Gasteiger partial charge is 0.365 e. The number of nitrogens with zero attached hydrogens (tertiary/aromatic N) is 3. The molecule has 2 rings (SSSR count). The molecule has 0 saturated carbocycles. The van der Waals surface area contributed by atoms with Gasteiger partial charge in [0.15, 0.2) is 0 Å². The lowest BCUT2D eigenvalue weighted by atomic mass is 10.2. The van der Waals surface area contributed by atoms with Gasteiger partial charge in [-0.1, -0.05) is 13.8 Å². The third-order valence-corrected chi connectivity index (χ3v) is 3.66. The average molecular weight is 327 g/mol. The molecular weight excluding hydrogens is 312 g/mol. The molecule has 1 N–H and O–H groups in total. The van der Waals surface area contributed by atoms with Crippen molar-refractivity contribution in [3.05, 3.63) is 32.6 Å². The standard InChI is InChI=1S/C12H15BrN4S/c1-7(2)12-16-10(13)4-11(17-12)15-6-9-5-14-8(3)18-9/h4-5,7H,6H2,1-3H3,(H,15,16,17). The van der Waals surface area contributed by atoms with Crippen molar-refractivity contribution in [2.75, 3.05) is 5.32 Å². The third kappa shape index (κ3) is 3.49. The van der Waals surface area contributed by atoms with Gasteiger partial charge in [0.25, 0.3) is 0 Å². The van der Waals surface area contributed by atoms with Gasteiger partial charge >= 0.3 is 0 Å². The van der Waals surface area contributed by atoms with Crippen LogP contribution >= 0.6 is 27.3 Å². The monoisotopic (exact) mass is 326 g/mol. The van der Waals surface area contributed by atoms with Gasteiger partial charge in [0.2, 0.25) is 0 Å². The predicted octanol–water partition coefficient (Wildman–Crippen LogP) is 3.74. The number of hydrogen-bond acceptors (Lipinski definition) is 5. The van der Waals surface area contributed by atoms with E-state index >= 15 is 0 Å². The molecule has 0 saturated heterocycles. The van der Waals surface area contributed by atoms with E-state index in [1.165, 1.54) is 4.88 Å². The van der Waals surface area contributed by atoms with Crippen LogP contribution in [0.25, 0.3) is 0 Å². The quantitative estimate of drug-likeness (QED) is 0.869. The maximum absolute atomic E-state index is 4.49. The summed E-state index contributed by atoms with van der Waals surface area (Å²) in [6.45, 7) is 6.91. The fraction of sp³-hybridized carbons (Fsp3) is 0.417. The molecule has 96 valence electrons. The predicted molar refractivity (Wildman–Crippen MR) is 78.0 cm³/mol. The van der Waals surface area contributed by atoms with Crippen molar-refractivity contribution in [1.29, 1.82) is 0 Å². The molecule has 0 aliphatic heterocycles. The Labute approximate surface area is 119 Å². The first-order chi connectivity index (χ1) is 8.54. The van der Waals surface area contributed by atoms with E-state index in [0.717, 1.165) is 27.8 Å². The van der Waals surface area contributed by atoms with E-state index in [9.17, 15) is 0 Å². The van der Waals surface area contributed by atoms with Crippen LogP contribution in [0.15, 0.2) is 16.9 Å². The van der Waals surface area contributed by atoms with Crippen molar-refractivity contribution in [3.8, 4) is 0 Å². The molecule has 0 spiro atoms. The lowest BCUT2D eigenvalue weighted by Crippen LogP contribution is -2.05. The molecule has 18 heavy (non-hydrogen) atoms. The second kappa shape index (κ2) is 5.75. The van der Waals surface area contributed by atoms with E-state index in [1.54, 1.807) is 11.3 Å². The summed E-state index contributed by atoms with van der Waals surface area (Å²) in [6.07, 6.45) is 1.90. The van der Waals surface area contributed by atoms with Crippen LogP contribution in [0.5, 0.6) is 0 Å². The summed E-state index contributed by atoms with van der Waals surface area (Å²) in [5, 5.41) is 4.38. The van der Waals surface area contributed by atoms with E-state index in [1.807, 2.05) is 19.2 Å². The lowest BCUT2D eigenvalue weighted by molar-refractivity contribution is 0.769. The zero-order chi connectivity index (χ0) is 13.1. The fourth-order valence-electron chi connectivity index (χ4n) is 1.45. The topological polar surface area (TPSA) is 50.7 Å². The lowest BCUT2D eigenvalue weighted by Gasteiger charge is -2.08. The number of rotatable bonds is 4. The average Bonchev–Trinajstić information content (AvgIpc) is 2.72. The molecule has 0 unspecified atom stereocenters. The van der Waals surface area contributed by atoms with E-state index in [4.69, 9.17) is 0 Å². The zero-order valence-electron chi connectivity index (χ0n) is 10.6. The van der Waals surface area contributed by atoms with E-state index in [2.05, 4.69) is 50.0 Å². The van der Waals surface area contributed by atoms with Crippen molar-refractivity contribution >= 4 is 33.1 Å². The second-order valence-electron chi connectivity index (χ2n) is 4.29. The van der Waals surface area contributed by atoms with Crippen LogP contribution in [0.4, 0.5) is 5.82 Å². The minimum Gasteiger partial charge on any atom is -0.365 e. The maximum Gasteiger partial charge on any atom is 0.134 e. The number of aromatic nitrogens is 3. The molecule has 0 amide bonds. The smallest absolute Gasteiger partial charge is 0.134 e. The highest BCUT2D eigenvalue weighted by atomic mass is 79.9. The molecule has 6 heteroatoms. The SMILES string of the molecule is Cc1ncc(CNc2cc(Br)nc(C(C)C)n2)s1. The summed E-state index contributed by atoms with van der Waals surface area (Å²) >= 11 is 5.10. The maximum atomic E-state index is 4.49. The Kier molecular flexibility index (Phi) is 4.29. The number of thiazole rings is 1. The van der Waals surface area contributed by atoms with Gasteiger partial charge in [-0.25, -0.2) is 15.0 Å². The van der Waals surface area contributed by atoms with Crippen LogP contribution in [0, 0.1) is 6.92 Å². The summed E-state index contributed by atoms with van der Waals surface area (Å²) in [7, 11) is 0. The number of nitrogens with one attached hydrogen (secondary N) is 1. The van der Waals surface area contributed by atoms with Crippen molar-refractivity contribution < 1.29 is 0 Å². The van der Waals surface area contributed by atoms with Gasteiger partial charge in [0.1, 0.15) is 16.2 Å². The molecule has 0 aromatic carbocycles. The minimum absolute atomic E-state index is 0.314. The molecule has 0 atom stereocenters. The summed E-state index contributed by atoms with van der Waals surface area (Å²) < 4.78 is 0.809. The molecule has 0 radical (unpaired) electrons. The Balaban J connectivity index is 2.09. The first kappa shape index (κ1) is 13.4. The number of halogens is 1. The molecule has 2 heterocycles. The number of hydrogen-bond donors (Lipinski definition) is 1. The van der Waals surface area contributed by atoms with E-state index in [-0.39, 0.29) is 0 Å². The first-order valence-corrected chi connectivity index (χ1v) is 7.35. The van der Waals surface area contributed by atoms with E-state index in [0.29, 0.717) is 5.92 Å². The molecule has 0 bridgehead atoms. The molecule has 2 aromatic rings. The molecule has 2 aromatic heterocycles. The fourth-order valence-corrected chi connectivity index (χ4v) is 2.58. The van der Waals surface area contributed by atoms with Gasteiger partial charge in [-0.05, 0) is 22.9 Å². The molecule has 0 fully saturated rings. The number of aryl methyl sites for hydroxylation is 1. The van der Waals surface area contributed by atoms with Crippen molar-refractivity contribution in [3.63, 3.8) is 0 Å². The highest BCUT2D eigenvalue weighted by Gasteiger charge is 2.07. The van der Waals surface area contributed by atoms with Gasteiger partial charge < -0.3 is 5.32 Å². The van der Waals surface area contributed by atoms with Crippen LogP contribution in [-0.2, 0) is 6.54 Å². The minimum atomic E-state index is 0.314. The van der Waals surface area contributed by atoms with Crippen molar-refractivity contribution in [1.82, 2.24) is 15.0 Å². The van der Waals surface area contributed by atoms with Crippen molar-refractivity contribution in [2.45, 2.75) is 33.2 Å².